The lowest BCUT2D eigenvalue weighted by molar-refractivity contribution is 0.0832. The largest absolute Gasteiger partial charge is 0.376 e. The fourth-order valence-corrected chi connectivity index (χ4v) is 5.42. The van der Waals surface area contributed by atoms with Crippen LogP contribution < -0.4 is 5.32 Å². The molecule has 1 saturated carbocycles. The van der Waals surface area contributed by atoms with Gasteiger partial charge in [-0.3, -0.25) is 4.98 Å². The van der Waals surface area contributed by atoms with Gasteiger partial charge in [-0.15, -0.1) is 0 Å². The molecule has 3 fully saturated rings. The number of nitrogens with zero attached hydrogens (tertiary/aromatic N) is 3. The van der Waals surface area contributed by atoms with Crippen molar-refractivity contribution >= 4 is 17.3 Å². The number of thiocarbonyl (C=S) groups is 1. The van der Waals surface area contributed by atoms with Crippen molar-refractivity contribution in [2.24, 2.45) is 0 Å². The molecule has 4 heterocycles. The first-order valence-electron chi connectivity index (χ1n) is 10.6. The van der Waals surface area contributed by atoms with Gasteiger partial charge in [0.15, 0.2) is 5.11 Å². The lowest BCUT2D eigenvalue weighted by Crippen LogP contribution is -2.37. The Morgan fingerprint density at radius 1 is 1.11 bits per heavy atom. The third-order valence-corrected chi connectivity index (χ3v) is 6.81. The van der Waals surface area contributed by atoms with Crippen LogP contribution in [0.5, 0.6) is 0 Å². The number of hydrogen-bond acceptors (Lipinski definition) is 3. The van der Waals surface area contributed by atoms with E-state index >= 15 is 0 Å². The van der Waals surface area contributed by atoms with Gasteiger partial charge in [-0.05, 0) is 62.2 Å². The summed E-state index contributed by atoms with van der Waals surface area (Å²) in [5.41, 5.74) is 2.39. The van der Waals surface area contributed by atoms with Crippen molar-refractivity contribution in [1.82, 2.24) is 19.8 Å². The summed E-state index contributed by atoms with van der Waals surface area (Å²) in [7, 11) is 0. The predicted octanol–water partition coefficient (Wildman–Crippen LogP) is 4.15. The number of ether oxygens (including phenoxy) is 1. The maximum Gasteiger partial charge on any atom is 0.170 e. The van der Waals surface area contributed by atoms with E-state index < -0.39 is 0 Å². The molecule has 0 aromatic carbocycles. The molecule has 0 unspecified atom stereocenters. The molecule has 3 aliphatic rings. The van der Waals surface area contributed by atoms with Crippen LogP contribution in [0.1, 0.15) is 68.0 Å². The first kappa shape index (κ1) is 18.1. The number of nitrogens with one attached hydrogen (secondary N) is 1. The molecule has 2 aromatic heterocycles. The third kappa shape index (κ3) is 3.33. The Morgan fingerprint density at radius 3 is 2.75 bits per heavy atom. The monoisotopic (exact) mass is 396 g/mol. The van der Waals surface area contributed by atoms with Crippen molar-refractivity contribution in [3.8, 4) is 0 Å². The van der Waals surface area contributed by atoms with E-state index in [1.165, 1.54) is 31.4 Å². The molecule has 0 bridgehead atoms. The van der Waals surface area contributed by atoms with Crippen molar-refractivity contribution in [2.45, 2.75) is 62.8 Å². The molecule has 2 aliphatic heterocycles. The highest BCUT2D eigenvalue weighted by Gasteiger charge is 2.42. The number of pyridine rings is 1. The maximum atomic E-state index is 5.95. The van der Waals surface area contributed by atoms with Crippen LogP contribution in [0.15, 0.2) is 42.7 Å². The van der Waals surface area contributed by atoms with Crippen LogP contribution in [0.2, 0.25) is 0 Å². The minimum atomic E-state index is 0.0603. The van der Waals surface area contributed by atoms with Gasteiger partial charge in [0.2, 0.25) is 0 Å². The van der Waals surface area contributed by atoms with Gasteiger partial charge in [-0.25, -0.2) is 0 Å². The fraction of sp³-hybridized carbons (Fsp3) is 0.545. The highest BCUT2D eigenvalue weighted by molar-refractivity contribution is 7.80. The highest BCUT2D eigenvalue weighted by atomic mass is 32.1. The topological polar surface area (TPSA) is 42.3 Å². The van der Waals surface area contributed by atoms with Gasteiger partial charge < -0.3 is 19.5 Å². The van der Waals surface area contributed by atoms with Gasteiger partial charge in [-0.1, -0.05) is 18.9 Å². The van der Waals surface area contributed by atoms with Crippen LogP contribution >= 0.6 is 12.2 Å². The quantitative estimate of drug-likeness (QED) is 0.769. The van der Waals surface area contributed by atoms with Gasteiger partial charge in [-0.2, -0.15) is 0 Å². The van der Waals surface area contributed by atoms with Crippen LogP contribution in [0.3, 0.4) is 0 Å². The summed E-state index contributed by atoms with van der Waals surface area (Å²) in [6, 6.07) is 11.4. The lowest BCUT2D eigenvalue weighted by atomic mass is 10.0. The molecule has 3 atom stereocenters. The molecule has 2 saturated heterocycles. The van der Waals surface area contributed by atoms with Gasteiger partial charge in [0.25, 0.3) is 0 Å². The molecule has 5 rings (SSSR count). The molecular formula is C22H28N4OS. The van der Waals surface area contributed by atoms with Crippen LogP contribution in [-0.2, 0) is 4.74 Å². The van der Waals surface area contributed by atoms with Crippen molar-refractivity contribution in [3.63, 3.8) is 0 Å². The maximum absolute atomic E-state index is 5.95. The summed E-state index contributed by atoms with van der Waals surface area (Å²) in [4.78, 5) is 7.01. The Kier molecular flexibility index (Phi) is 5.07. The van der Waals surface area contributed by atoms with E-state index in [1.54, 1.807) is 0 Å². The SMILES string of the molecule is S=C1N[C@H](c2ccccn2)[C@H](c2cccn2C2CCCC2)N1C[C@@H]1CCCO1. The van der Waals surface area contributed by atoms with E-state index in [-0.39, 0.29) is 18.2 Å². The predicted molar refractivity (Wildman–Crippen MR) is 113 cm³/mol. The standard InChI is InChI=1S/C22H28N4OS/c28-22-24-20(18-10-3-4-12-23-18)21(26(22)15-17-9-6-14-27-17)19-11-5-13-25(19)16-7-1-2-8-16/h3-5,10-13,16-17,20-21H,1-2,6-9,14-15H2,(H,24,28)/t17-,20+,21-/m0/s1. The van der Waals surface area contributed by atoms with Crippen molar-refractivity contribution in [2.75, 3.05) is 13.2 Å². The van der Waals surface area contributed by atoms with Gasteiger partial charge >= 0.3 is 0 Å². The first-order valence-corrected chi connectivity index (χ1v) is 11.0. The Morgan fingerprint density at radius 2 is 2.00 bits per heavy atom. The van der Waals surface area contributed by atoms with Crippen molar-refractivity contribution in [1.29, 1.82) is 0 Å². The van der Waals surface area contributed by atoms with E-state index in [2.05, 4.69) is 50.2 Å². The Bertz CT molecular complexity index is 811. The van der Waals surface area contributed by atoms with Crippen molar-refractivity contribution in [3.05, 3.63) is 54.1 Å². The molecule has 0 amide bonds. The number of hydrogen-bond donors (Lipinski definition) is 1. The van der Waals surface area contributed by atoms with Gasteiger partial charge in [0.05, 0.1) is 23.9 Å². The van der Waals surface area contributed by atoms with E-state index in [0.29, 0.717) is 6.04 Å². The molecule has 6 heteroatoms. The molecule has 5 nitrogen and oxygen atoms in total. The summed E-state index contributed by atoms with van der Waals surface area (Å²) < 4.78 is 8.45. The summed E-state index contributed by atoms with van der Waals surface area (Å²) in [5.74, 6) is 0. The molecule has 1 N–H and O–H groups in total. The molecular weight excluding hydrogens is 368 g/mol. The van der Waals surface area contributed by atoms with E-state index in [0.717, 1.165) is 36.8 Å². The first-order chi connectivity index (χ1) is 13.8. The minimum absolute atomic E-state index is 0.0603. The fourth-order valence-electron chi connectivity index (χ4n) is 5.10. The van der Waals surface area contributed by atoms with Crippen LogP contribution in [0, 0.1) is 0 Å². The second-order valence-electron chi connectivity index (χ2n) is 8.19. The van der Waals surface area contributed by atoms with Crippen molar-refractivity contribution < 1.29 is 4.74 Å². The number of rotatable bonds is 5. The average Bonchev–Trinajstić information content (AvgIpc) is 3.51. The zero-order valence-corrected chi connectivity index (χ0v) is 17.0. The molecule has 28 heavy (non-hydrogen) atoms. The lowest BCUT2D eigenvalue weighted by Gasteiger charge is -2.31. The smallest absolute Gasteiger partial charge is 0.170 e. The summed E-state index contributed by atoms with van der Waals surface area (Å²) in [5, 5.41) is 4.39. The number of aromatic nitrogens is 2. The second kappa shape index (κ2) is 7.84. The van der Waals surface area contributed by atoms with E-state index in [9.17, 15) is 0 Å². The summed E-state index contributed by atoms with van der Waals surface area (Å²) in [6.45, 7) is 1.71. The normalized spacial score (nSPS) is 28.2. The Labute approximate surface area is 172 Å². The van der Waals surface area contributed by atoms with E-state index in [4.69, 9.17) is 17.0 Å². The summed E-state index contributed by atoms with van der Waals surface area (Å²) >= 11 is 5.80. The Hall–Kier alpha value is -1.92. The average molecular weight is 397 g/mol. The highest BCUT2D eigenvalue weighted by Crippen LogP contribution is 2.42. The van der Waals surface area contributed by atoms with Crippen LogP contribution in [0.25, 0.3) is 0 Å². The van der Waals surface area contributed by atoms with Gasteiger partial charge in [0.1, 0.15) is 0 Å². The molecule has 1 aliphatic carbocycles. The zero-order valence-electron chi connectivity index (χ0n) is 16.2. The molecule has 148 valence electrons. The molecule has 0 radical (unpaired) electrons. The third-order valence-electron chi connectivity index (χ3n) is 6.46. The molecule has 2 aromatic rings. The van der Waals surface area contributed by atoms with Crippen LogP contribution in [0.4, 0.5) is 0 Å². The Balaban J connectivity index is 1.52. The second-order valence-corrected chi connectivity index (χ2v) is 8.58. The van der Waals surface area contributed by atoms with Crippen LogP contribution in [-0.4, -0.2) is 38.8 Å². The van der Waals surface area contributed by atoms with Gasteiger partial charge in [0, 0.05) is 37.3 Å². The molecule has 0 spiro atoms. The van der Waals surface area contributed by atoms with E-state index in [1.807, 2.05) is 12.3 Å². The minimum Gasteiger partial charge on any atom is -0.376 e. The zero-order chi connectivity index (χ0) is 18.9. The summed E-state index contributed by atoms with van der Waals surface area (Å²) in [6.07, 6.45) is 11.8.